The van der Waals surface area contributed by atoms with E-state index in [1.165, 1.54) is 32.1 Å². The van der Waals surface area contributed by atoms with Crippen molar-refractivity contribution in [3.8, 4) is 0 Å². The molecule has 0 aromatic carbocycles. The van der Waals surface area contributed by atoms with Crippen LogP contribution in [0.2, 0.25) is 0 Å². The van der Waals surface area contributed by atoms with Gasteiger partial charge in [-0.2, -0.15) is 8.78 Å². The van der Waals surface area contributed by atoms with Gasteiger partial charge < -0.3 is 10.1 Å². The van der Waals surface area contributed by atoms with E-state index in [2.05, 4.69) is 5.32 Å². The van der Waals surface area contributed by atoms with Crippen molar-refractivity contribution in [2.45, 2.75) is 56.9 Å². The van der Waals surface area contributed by atoms with Crippen molar-refractivity contribution >= 4 is 10.0 Å². The molecule has 0 aliphatic heterocycles. The third kappa shape index (κ3) is 6.92. The number of hydrogen-bond donors (Lipinski definition) is 2. The first-order valence-corrected chi connectivity index (χ1v) is 8.57. The lowest BCUT2D eigenvalue weighted by Crippen LogP contribution is -2.40. The maximum Gasteiger partial charge on any atom is 0.350 e. The third-order valence-corrected chi connectivity index (χ3v) is 4.35. The molecule has 0 heterocycles. The number of rotatable bonds is 9. The van der Waals surface area contributed by atoms with Crippen molar-refractivity contribution in [3.63, 3.8) is 0 Å². The van der Waals surface area contributed by atoms with E-state index >= 15 is 0 Å². The van der Waals surface area contributed by atoms with Gasteiger partial charge in [-0.1, -0.05) is 19.3 Å². The molecule has 5 nitrogen and oxygen atoms in total. The second-order valence-corrected chi connectivity index (χ2v) is 6.91. The van der Waals surface area contributed by atoms with E-state index in [0.29, 0.717) is 12.6 Å². The van der Waals surface area contributed by atoms with Crippen LogP contribution in [0.25, 0.3) is 0 Å². The largest absolute Gasteiger partial charge is 0.378 e. The Bertz CT molecular complexity index is 360. The minimum absolute atomic E-state index is 0.0859. The Morgan fingerprint density at radius 1 is 1.25 bits per heavy atom. The Labute approximate surface area is 119 Å². The van der Waals surface area contributed by atoms with Crippen LogP contribution < -0.4 is 10.0 Å². The first kappa shape index (κ1) is 17.7. The summed E-state index contributed by atoms with van der Waals surface area (Å²) in [5.74, 6) is -3.39. The zero-order valence-corrected chi connectivity index (χ0v) is 12.6. The van der Waals surface area contributed by atoms with Crippen LogP contribution in [0.3, 0.4) is 0 Å². The lowest BCUT2D eigenvalue weighted by Gasteiger charge is -2.26. The number of nitrogens with one attached hydrogen (secondary N) is 2. The predicted molar refractivity (Wildman–Crippen MR) is 73.2 cm³/mol. The molecule has 1 fully saturated rings. The molecule has 2 N–H and O–H groups in total. The molecule has 1 saturated carbocycles. The quantitative estimate of drug-likeness (QED) is 0.632. The van der Waals surface area contributed by atoms with Gasteiger partial charge in [-0.25, -0.2) is 13.1 Å². The minimum Gasteiger partial charge on any atom is -0.378 e. The lowest BCUT2D eigenvalue weighted by atomic mass is 9.95. The second kappa shape index (κ2) is 8.86. The monoisotopic (exact) mass is 314 g/mol. The summed E-state index contributed by atoms with van der Waals surface area (Å²) in [6, 6.07) is 0.699. The van der Waals surface area contributed by atoms with Crippen molar-refractivity contribution in [3.05, 3.63) is 0 Å². The Morgan fingerprint density at radius 2 is 1.90 bits per heavy atom. The first-order valence-electron chi connectivity index (χ1n) is 7.02. The van der Waals surface area contributed by atoms with Crippen LogP contribution in [-0.2, 0) is 14.8 Å². The van der Waals surface area contributed by atoms with E-state index < -0.39 is 15.8 Å². The van der Waals surface area contributed by atoms with Crippen LogP contribution in [0, 0.1) is 0 Å². The van der Waals surface area contributed by atoms with Crippen molar-refractivity contribution < 1.29 is 21.9 Å². The molecule has 0 bridgehead atoms. The van der Waals surface area contributed by atoms with Crippen LogP contribution in [0.4, 0.5) is 8.78 Å². The van der Waals surface area contributed by atoms with Gasteiger partial charge in [0.25, 0.3) is 10.0 Å². The van der Waals surface area contributed by atoms with Gasteiger partial charge in [0, 0.05) is 18.6 Å². The van der Waals surface area contributed by atoms with Gasteiger partial charge in [0.05, 0.1) is 13.2 Å². The highest BCUT2D eigenvalue weighted by atomic mass is 32.2. The van der Waals surface area contributed by atoms with Crippen LogP contribution in [0.15, 0.2) is 0 Å². The van der Waals surface area contributed by atoms with Crippen LogP contribution in [0.1, 0.15) is 39.0 Å². The molecule has 8 heteroatoms. The van der Waals surface area contributed by atoms with Crippen LogP contribution in [0.5, 0.6) is 0 Å². The predicted octanol–water partition coefficient (Wildman–Crippen LogP) is 1.46. The Hall–Kier alpha value is -0.310. The Morgan fingerprint density at radius 3 is 2.50 bits per heavy atom. The normalized spacial score (nSPS) is 19.4. The van der Waals surface area contributed by atoms with Crippen LogP contribution in [-0.4, -0.2) is 46.0 Å². The van der Waals surface area contributed by atoms with E-state index in [1.54, 1.807) is 4.72 Å². The van der Waals surface area contributed by atoms with Crippen LogP contribution >= 0.6 is 0 Å². The van der Waals surface area contributed by atoms with E-state index in [0.717, 1.165) is 0 Å². The SMILES string of the molecule is CC(COCCNS(=O)(=O)C(F)F)NC1CCCCC1. The fourth-order valence-electron chi connectivity index (χ4n) is 2.30. The van der Waals surface area contributed by atoms with Gasteiger partial charge >= 0.3 is 5.76 Å². The fraction of sp³-hybridized carbons (Fsp3) is 1.00. The molecule has 20 heavy (non-hydrogen) atoms. The molecule has 0 aromatic rings. The van der Waals surface area contributed by atoms with Crippen molar-refractivity contribution in [2.75, 3.05) is 19.8 Å². The standard InChI is InChI=1S/C12H24F2N2O3S/c1-10(16-11-5-3-2-4-6-11)9-19-8-7-15-20(17,18)12(13)14/h10-12,15-16H,2-9H2,1H3. The summed E-state index contributed by atoms with van der Waals surface area (Å²) in [4.78, 5) is 0. The number of alkyl halides is 2. The smallest absolute Gasteiger partial charge is 0.350 e. The van der Waals surface area contributed by atoms with E-state index in [1.807, 2.05) is 6.92 Å². The highest BCUT2D eigenvalue weighted by Gasteiger charge is 2.22. The average molecular weight is 314 g/mol. The molecule has 1 rings (SSSR count). The van der Waals surface area contributed by atoms with Crippen molar-refractivity contribution in [2.24, 2.45) is 0 Å². The summed E-state index contributed by atoms with van der Waals surface area (Å²) in [5, 5.41) is 3.46. The van der Waals surface area contributed by atoms with Crippen molar-refractivity contribution in [1.29, 1.82) is 0 Å². The topological polar surface area (TPSA) is 67.4 Å². The van der Waals surface area contributed by atoms with Gasteiger partial charge in [0.1, 0.15) is 0 Å². The highest BCUT2D eigenvalue weighted by molar-refractivity contribution is 7.89. The van der Waals surface area contributed by atoms with Gasteiger partial charge in [0.2, 0.25) is 0 Å². The average Bonchev–Trinajstić information content (AvgIpc) is 2.39. The summed E-state index contributed by atoms with van der Waals surface area (Å²) in [7, 11) is -4.50. The molecule has 1 atom stereocenters. The molecule has 1 aliphatic rings. The zero-order chi connectivity index (χ0) is 15.0. The molecule has 0 radical (unpaired) electrons. The van der Waals surface area contributed by atoms with Gasteiger partial charge in [-0.3, -0.25) is 0 Å². The summed E-state index contributed by atoms with van der Waals surface area (Å²) in [6.07, 6.45) is 6.16. The summed E-state index contributed by atoms with van der Waals surface area (Å²) in [6.45, 7) is 2.39. The molecular weight excluding hydrogens is 290 g/mol. The fourth-order valence-corrected chi connectivity index (χ4v) is 2.79. The first-order chi connectivity index (χ1) is 9.42. The third-order valence-electron chi connectivity index (χ3n) is 3.28. The van der Waals surface area contributed by atoms with Crippen molar-refractivity contribution in [1.82, 2.24) is 10.0 Å². The summed E-state index contributed by atoms with van der Waals surface area (Å²) in [5.41, 5.74) is 0. The molecule has 0 saturated heterocycles. The molecule has 120 valence electrons. The summed E-state index contributed by atoms with van der Waals surface area (Å²) >= 11 is 0. The summed E-state index contributed by atoms with van der Waals surface area (Å²) < 4.78 is 52.6. The van der Waals surface area contributed by atoms with Gasteiger partial charge in [-0.05, 0) is 19.8 Å². The van der Waals surface area contributed by atoms with E-state index in [-0.39, 0.29) is 19.2 Å². The zero-order valence-electron chi connectivity index (χ0n) is 11.8. The molecule has 0 amide bonds. The Kier molecular flexibility index (Phi) is 7.86. The molecular formula is C12H24F2N2O3S. The number of sulfonamides is 1. The number of halogens is 2. The minimum atomic E-state index is -4.50. The molecule has 1 aliphatic carbocycles. The maximum atomic E-state index is 12.0. The second-order valence-electron chi connectivity index (χ2n) is 5.18. The molecule has 1 unspecified atom stereocenters. The van der Waals surface area contributed by atoms with E-state index in [4.69, 9.17) is 4.74 Å². The maximum absolute atomic E-state index is 12.0. The lowest BCUT2D eigenvalue weighted by molar-refractivity contribution is 0.114. The Balaban J connectivity index is 2.05. The number of ether oxygens (including phenoxy) is 1. The van der Waals surface area contributed by atoms with Gasteiger partial charge in [0.15, 0.2) is 0 Å². The van der Waals surface area contributed by atoms with E-state index in [9.17, 15) is 17.2 Å². The highest BCUT2D eigenvalue weighted by Crippen LogP contribution is 2.17. The van der Waals surface area contributed by atoms with Gasteiger partial charge in [-0.15, -0.1) is 0 Å². The molecule has 0 aromatic heterocycles. The number of hydrogen-bond acceptors (Lipinski definition) is 4. The molecule has 0 spiro atoms.